The van der Waals surface area contributed by atoms with Gasteiger partial charge in [0.2, 0.25) is 0 Å². The summed E-state index contributed by atoms with van der Waals surface area (Å²) in [5.41, 5.74) is 5.78. The van der Waals surface area contributed by atoms with Gasteiger partial charge in [-0.05, 0) is 19.3 Å². The molecule has 0 aliphatic carbocycles. The van der Waals surface area contributed by atoms with E-state index in [1.165, 1.54) is 0 Å². The Labute approximate surface area is 123 Å². The summed E-state index contributed by atoms with van der Waals surface area (Å²) in [4.78, 5) is 0. The number of hydrogen-bond acceptors (Lipinski definition) is 8. The third-order valence-electron chi connectivity index (χ3n) is 4.03. The SMILES string of the molecule is CC[C@@H](O)[C@@H](O)[C@@H](N)CC[C@H]1OC(CO)[C@H](O)C(O)C1O. The topological polar surface area (TPSA) is 157 Å². The van der Waals surface area contributed by atoms with Crippen molar-refractivity contribution in [2.45, 2.75) is 75.0 Å². The van der Waals surface area contributed by atoms with Gasteiger partial charge in [0.25, 0.3) is 0 Å². The quantitative estimate of drug-likeness (QED) is 0.263. The fourth-order valence-corrected chi connectivity index (χ4v) is 2.47. The van der Waals surface area contributed by atoms with Crippen molar-refractivity contribution >= 4 is 0 Å². The van der Waals surface area contributed by atoms with Gasteiger partial charge in [-0.25, -0.2) is 0 Å². The van der Waals surface area contributed by atoms with Crippen LogP contribution in [0.3, 0.4) is 0 Å². The molecule has 3 unspecified atom stereocenters. The molecule has 8 heteroatoms. The second-order valence-corrected chi connectivity index (χ2v) is 5.57. The van der Waals surface area contributed by atoms with E-state index >= 15 is 0 Å². The van der Waals surface area contributed by atoms with Crippen LogP contribution in [0.2, 0.25) is 0 Å². The van der Waals surface area contributed by atoms with Crippen LogP contribution in [-0.2, 0) is 4.74 Å². The van der Waals surface area contributed by atoms with Crippen LogP contribution in [0, 0.1) is 0 Å². The maximum atomic E-state index is 9.86. The molecule has 0 saturated carbocycles. The lowest BCUT2D eigenvalue weighted by Crippen LogP contribution is -2.58. The molecule has 1 heterocycles. The maximum Gasteiger partial charge on any atom is 0.111 e. The molecule has 1 rings (SSSR count). The Kier molecular flexibility index (Phi) is 7.45. The number of nitrogens with two attached hydrogens (primary N) is 1. The molecule has 1 fully saturated rings. The minimum Gasteiger partial charge on any atom is -0.394 e. The fraction of sp³-hybridized carbons (Fsp3) is 1.00. The van der Waals surface area contributed by atoms with Crippen LogP contribution in [0.5, 0.6) is 0 Å². The van der Waals surface area contributed by atoms with Crippen molar-refractivity contribution in [3.05, 3.63) is 0 Å². The highest BCUT2D eigenvalue weighted by atomic mass is 16.5. The van der Waals surface area contributed by atoms with Gasteiger partial charge in [-0.3, -0.25) is 0 Å². The van der Waals surface area contributed by atoms with E-state index in [2.05, 4.69) is 0 Å². The van der Waals surface area contributed by atoms with Gasteiger partial charge in [0.05, 0.1) is 24.9 Å². The molecule has 8 N–H and O–H groups in total. The first-order valence-corrected chi connectivity index (χ1v) is 7.25. The predicted octanol–water partition coefficient (Wildman–Crippen LogP) is -2.93. The van der Waals surface area contributed by atoms with Gasteiger partial charge >= 0.3 is 0 Å². The molecule has 0 spiro atoms. The monoisotopic (exact) mass is 309 g/mol. The Hall–Kier alpha value is -0.320. The summed E-state index contributed by atoms with van der Waals surface area (Å²) in [6.45, 7) is 1.24. The van der Waals surface area contributed by atoms with Crippen molar-refractivity contribution < 1.29 is 35.4 Å². The van der Waals surface area contributed by atoms with Crippen molar-refractivity contribution in [3.63, 3.8) is 0 Å². The van der Waals surface area contributed by atoms with Gasteiger partial charge in [-0.1, -0.05) is 6.92 Å². The highest BCUT2D eigenvalue weighted by Gasteiger charge is 2.43. The van der Waals surface area contributed by atoms with Crippen molar-refractivity contribution in [3.8, 4) is 0 Å². The summed E-state index contributed by atoms with van der Waals surface area (Å²) < 4.78 is 5.34. The molecule has 0 aromatic rings. The van der Waals surface area contributed by atoms with Crippen molar-refractivity contribution in [1.29, 1.82) is 0 Å². The van der Waals surface area contributed by atoms with E-state index in [4.69, 9.17) is 15.6 Å². The highest BCUT2D eigenvalue weighted by Crippen LogP contribution is 2.24. The summed E-state index contributed by atoms with van der Waals surface area (Å²) in [5.74, 6) is 0. The van der Waals surface area contributed by atoms with E-state index in [1.807, 2.05) is 0 Å². The van der Waals surface area contributed by atoms with Crippen LogP contribution in [0.25, 0.3) is 0 Å². The van der Waals surface area contributed by atoms with Crippen molar-refractivity contribution in [2.24, 2.45) is 5.73 Å². The van der Waals surface area contributed by atoms with Crippen molar-refractivity contribution in [1.82, 2.24) is 0 Å². The lowest BCUT2D eigenvalue weighted by molar-refractivity contribution is -0.230. The molecule has 0 aromatic carbocycles. The van der Waals surface area contributed by atoms with Crippen molar-refractivity contribution in [2.75, 3.05) is 6.61 Å². The molecule has 0 bridgehead atoms. The van der Waals surface area contributed by atoms with Crippen LogP contribution in [-0.4, -0.2) is 86.0 Å². The molecule has 0 amide bonds. The average molecular weight is 309 g/mol. The zero-order chi connectivity index (χ0) is 16.2. The largest absolute Gasteiger partial charge is 0.394 e. The van der Waals surface area contributed by atoms with Gasteiger partial charge in [-0.15, -0.1) is 0 Å². The van der Waals surface area contributed by atoms with E-state index in [1.54, 1.807) is 6.92 Å². The first-order chi connectivity index (χ1) is 9.83. The minimum absolute atomic E-state index is 0.218. The standard InChI is InChI=1S/C13H27NO7/c1-2-7(16)10(17)6(14)3-4-8-11(18)13(20)12(19)9(5-15)21-8/h6-13,15-20H,2-5,14H2,1H3/t6-,7+,8+,9?,10-,11?,12-,13?/m0/s1. The second kappa shape index (κ2) is 8.35. The molecule has 1 aliphatic heterocycles. The van der Waals surface area contributed by atoms with E-state index < -0.39 is 55.4 Å². The number of aliphatic hydroxyl groups excluding tert-OH is 6. The Morgan fingerprint density at radius 2 is 1.62 bits per heavy atom. The van der Waals surface area contributed by atoms with E-state index in [-0.39, 0.29) is 12.8 Å². The number of ether oxygens (including phenoxy) is 1. The van der Waals surface area contributed by atoms with Gasteiger partial charge in [0.15, 0.2) is 0 Å². The lowest BCUT2D eigenvalue weighted by Gasteiger charge is -2.40. The molecule has 1 aliphatic rings. The van der Waals surface area contributed by atoms with Crippen LogP contribution in [0.15, 0.2) is 0 Å². The molecule has 1 saturated heterocycles. The molecular formula is C13H27NO7. The van der Waals surface area contributed by atoms with E-state index in [0.717, 1.165) is 0 Å². The van der Waals surface area contributed by atoms with E-state index in [0.29, 0.717) is 6.42 Å². The number of aliphatic hydroxyl groups is 6. The normalized spacial score (nSPS) is 38.0. The zero-order valence-corrected chi connectivity index (χ0v) is 12.1. The van der Waals surface area contributed by atoms with Gasteiger partial charge in [0.1, 0.15) is 24.4 Å². The van der Waals surface area contributed by atoms with E-state index in [9.17, 15) is 25.5 Å². The first kappa shape index (κ1) is 18.7. The Morgan fingerprint density at radius 1 is 1.05 bits per heavy atom. The average Bonchev–Trinajstić information content (AvgIpc) is 2.50. The first-order valence-electron chi connectivity index (χ1n) is 7.25. The molecule has 8 nitrogen and oxygen atoms in total. The summed E-state index contributed by atoms with van der Waals surface area (Å²) in [6, 6.07) is -0.702. The number of hydrogen-bond donors (Lipinski definition) is 7. The second-order valence-electron chi connectivity index (χ2n) is 5.57. The minimum atomic E-state index is -1.41. The summed E-state index contributed by atoms with van der Waals surface area (Å²) in [7, 11) is 0. The molecule has 0 aromatic heterocycles. The van der Waals surface area contributed by atoms with Crippen LogP contribution in [0.1, 0.15) is 26.2 Å². The van der Waals surface area contributed by atoms with Crippen LogP contribution in [0.4, 0.5) is 0 Å². The maximum absolute atomic E-state index is 9.86. The predicted molar refractivity (Wildman–Crippen MR) is 73.3 cm³/mol. The molecule has 8 atom stereocenters. The Balaban J connectivity index is 2.53. The number of rotatable bonds is 7. The van der Waals surface area contributed by atoms with Gasteiger partial charge in [-0.2, -0.15) is 0 Å². The molecule has 0 radical (unpaired) electrons. The Bertz CT molecular complexity index is 304. The summed E-state index contributed by atoms with van der Waals surface area (Å²) >= 11 is 0. The lowest BCUT2D eigenvalue weighted by atomic mass is 9.90. The highest BCUT2D eigenvalue weighted by molar-refractivity contribution is 4.92. The summed E-state index contributed by atoms with van der Waals surface area (Å²) in [5, 5.41) is 57.5. The fourth-order valence-electron chi connectivity index (χ4n) is 2.47. The smallest absolute Gasteiger partial charge is 0.111 e. The van der Waals surface area contributed by atoms with Crippen LogP contribution >= 0.6 is 0 Å². The van der Waals surface area contributed by atoms with Gasteiger partial charge in [0, 0.05) is 6.04 Å². The zero-order valence-electron chi connectivity index (χ0n) is 12.1. The third-order valence-corrected chi connectivity index (χ3v) is 4.03. The third kappa shape index (κ3) is 4.57. The molecule has 126 valence electrons. The summed E-state index contributed by atoms with van der Waals surface area (Å²) in [6.07, 6.45) is -7.02. The van der Waals surface area contributed by atoms with Gasteiger partial charge < -0.3 is 41.1 Å². The molecular weight excluding hydrogens is 282 g/mol. The Morgan fingerprint density at radius 3 is 2.14 bits per heavy atom. The molecule has 21 heavy (non-hydrogen) atoms. The van der Waals surface area contributed by atoms with Crippen LogP contribution < -0.4 is 5.73 Å².